The number of halogens is 1. The van der Waals surface area contributed by atoms with Crippen molar-refractivity contribution in [3.8, 4) is 22.3 Å². The van der Waals surface area contributed by atoms with Crippen molar-refractivity contribution in [2.75, 3.05) is 4.90 Å². The van der Waals surface area contributed by atoms with Gasteiger partial charge in [-0.1, -0.05) is 179 Å². The molecule has 3 atom stereocenters. The Kier molecular flexibility index (Phi) is 8.34. The summed E-state index contributed by atoms with van der Waals surface area (Å²) < 4.78 is 3.66. The lowest BCUT2D eigenvalue weighted by atomic mass is 9.68. The first-order valence-corrected chi connectivity index (χ1v) is 22.9. The molecule has 2 aliphatic heterocycles. The summed E-state index contributed by atoms with van der Waals surface area (Å²) in [6.45, 7) is 0. The first-order chi connectivity index (χ1) is 29.8. The number of aromatic nitrogens is 2. The van der Waals surface area contributed by atoms with Gasteiger partial charge in [0.1, 0.15) is 5.82 Å². The van der Waals surface area contributed by atoms with Gasteiger partial charge in [0.15, 0.2) is 0 Å². The van der Waals surface area contributed by atoms with Crippen molar-refractivity contribution in [1.29, 1.82) is 0 Å². The number of hydrogen-bond donors (Lipinski definition) is 0. The first kappa shape index (κ1) is 35.2. The first-order valence-electron chi connectivity index (χ1n) is 20.6. The van der Waals surface area contributed by atoms with E-state index in [0.717, 1.165) is 11.5 Å². The van der Waals surface area contributed by atoms with Gasteiger partial charge >= 0.3 is 0 Å². The van der Waals surface area contributed by atoms with Gasteiger partial charge in [0.25, 0.3) is 0 Å². The molecule has 3 unspecified atom stereocenters. The van der Waals surface area contributed by atoms with Gasteiger partial charge < -0.3 is 4.90 Å². The summed E-state index contributed by atoms with van der Waals surface area (Å²) in [4.78, 5) is 12.4. The van der Waals surface area contributed by atoms with Crippen molar-refractivity contribution in [2.45, 2.75) is 17.4 Å². The lowest BCUT2D eigenvalue weighted by Crippen LogP contribution is -2.30. The highest BCUT2D eigenvalue weighted by atomic mass is 127. The average Bonchev–Trinajstić information content (AvgIpc) is 3.83. The zero-order valence-corrected chi connectivity index (χ0v) is 34.8. The standard InChI is InChI=1S/C56H38IN3/c1-3-13-37(14-4-1)41-35-51(50-21-11-12-30-57-50)59-54(36-41)60-52-26-24-40(34-47(52)55-44-18-8-7-15-38(44)23-27-53(55)60)39-22-25-49-46(33-39)45-19-9-10-20-48(45)56(49,42-16-5-2-6-17-42)43-28-31-58-32-29-43/h1-36,47,52H. The quantitative estimate of drug-likeness (QED) is 0.156. The summed E-state index contributed by atoms with van der Waals surface area (Å²) in [5.41, 5.74) is 15.7. The van der Waals surface area contributed by atoms with Gasteiger partial charge in [-0.05, 0) is 118 Å². The Morgan fingerprint density at radius 1 is 0.600 bits per heavy atom. The van der Waals surface area contributed by atoms with Crippen molar-refractivity contribution in [3.63, 3.8) is 0 Å². The van der Waals surface area contributed by atoms with Crippen molar-refractivity contribution in [1.82, 2.24) is 9.97 Å². The van der Waals surface area contributed by atoms with Crippen LogP contribution >= 0.6 is 20.7 Å². The molecular weight excluding hydrogens is 842 g/mol. The number of rotatable bonds is 6. The van der Waals surface area contributed by atoms with Crippen LogP contribution in [0.15, 0.2) is 213 Å². The predicted molar refractivity (Wildman–Crippen MR) is 258 cm³/mol. The van der Waals surface area contributed by atoms with E-state index in [4.69, 9.17) is 4.98 Å². The second kappa shape index (κ2) is 14.2. The fraction of sp³-hybridized carbons (Fsp3) is 0.0536. The van der Waals surface area contributed by atoms with Gasteiger partial charge in [-0.15, -0.1) is 0 Å². The molecule has 4 heterocycles. The molecule has 0 saturated carbocycles. The van der Waals surface area contributed by atoms with Gasteiger partial charge in [-0.2, -0.15) is 0 Å². The van der Waals surface area contributed by atoms with Crippen molar-refractivity contribution in [3.05, 3.63) is 252 Å². The largest absolute Gasteiger partial charge is 0.318 e. The third-order valence-electron chi connectivity index (χ3n) is 12.8. The van der Waals surface area contributed by atoms with Crippen LogP contribution in [-0.2, 0) is 5.41 Å². The van der Waals surface area contributed by atoms with E-state index < -0.39 is 5.41 Å². The third kappa shape index (κ3) is 5.44. The molecule has 0 amide bonds. The summed E-state index contributed by atoms with van der Waals surface area (Å²) in [5, 5.41) is 2.56. The lowest BCUT2D eigenvalue weighted by molar-refractivity contribution is 0.742. The van der Waals surface area contributed by atoms with E-state index in [9.17, 15) is 0 Å². The normalized spacial score (nSPS) is 19.5. The van der Waals surface area contributed by atoms with Crippen molar-refractivity contribution >= 4 is 56.2 Å². The molecule has 4 heteroatoms. The summed E-state index contributed by atoms with van der Waals surface area (Å²) in [5.74, 6) is 1.11. The van der Waals surface area contributed by atoms with E-state index in [1.54, 1.807) is 0 Å². The van der Waals surface area contributed by atoms with Crippen LogP contribution in [0, 0.1) is 0 Å². The van der Waals surface area contributed by atoms with Crippen LogP contribution in [-0.4, -0.2) is 20.0 Å². The second-order valence-electron chi connectivity index (χ2n) is 15.8. The average molecular weight is 880 g/mol. The number of hydrogen-bond acceptors (Lipinski definition) is 3. The van der Waals surface area contributed by atoms with Gasteiger partial charge in [0.05, 0.1) is 17.2 Å². The molecule has 3 nitrogen and oxygen atoms in total. The maximum Gasteiger partial charge on any atom is 0.134 e. The van der Waals surface area contributed by atoms with Crippen LogP contribution in [0.5, 0.6) is 0 Å². The zero-order chi connectivity index (χ0) is 39.6. The van der Waals surface area contributed by atoms with Crippen LogP contribution in [0.2, 0.25) is 0 Å². The highest BCUT2D eigenvalue weighted by molar-refractivity contribution is 14.2. The number of nitrogens with zero attached hydrogens (tertiary/aromatic N) is 3. The van der Waals surface area contributed by atoms with E-state index in [0.29, 0.717) is 0 Å². The molecule has 6 aromatic carbocycles. The minimum atomic E-state index is -0.454. The van der Waals surface area contributed by atoms with Gasteiger partial charge in [-0.3, -0.25) is 4.98 Å². The molecule has 4 aliphatic rings. The summed E-state index contributed by atoms with van der Waals surface area (Å²) in [7, 11) is 0. The summed E-state index contributed by atoms with van der Waals surface area (Å²) >= 11 is -0.275. The molecule has 0 N–H and O–H groups in total. The summed E-state index contributed by atoms with van der Waals surface area (Å²) in [6.07, 6.45) is 17.7. The molecule has 0 radical (unpaired) electrons. The fourth-order valence-corrected chi connectivity index (χ4v) is 12.1. The predicted octanol–water partition coefficient (Wildman–Crippen LogP) is 13.6. The minimum Gasteiger partial charge on any atom is -0.318 e. The highest BCUT2D eigenvalue weighted by Gasteiger charge is 2.46. The molecule has 0 bridgehead atoms. The molecule has 0 saturated heterocycles. The molecule has 284 valence electrons. The van der Waals surface area contributed by atoms with Crippen molar-refractivity contribution in [2.24, 2.45) is 0 Å². The Hall–Kier alpha value is -6.76. The molecule has 2 aliphatic carbocycles. The number of pyridine rings is 2. The Morgan fingerprint density at radius 3 is 2.22 bits per heavy atom. The van der Waals surface area contributed by atoms with Crippen molar-refractivity contribution < 1.29 is 0 Å². The minimum absolute atomic E-state index is 0.0648. The molecule has 12 rings (SSSR count). The molecule has 8 aromatic rings. The summed E-state index contributed by atoms with van der Waals surface area (Å²) in [6, 6.07) is 60.4. The number of benzene rings is 6. The Labute approximate surface area is 360 Å². The van der Waals surface area contributed by atoms with E-state index in [1.807, 2.05) is 12.4 Å². The highest BCUT2D eigenvalue weighted by Crippen LogP contribution is 2.57. The SMILES string of the molecule is C1=CC=C(c2cc(-c3ccccc3)cc(N3c4ccc5ccccc5c4C4C=C(c5ccc6c(c5)-c5ccccc5C6(c5ccccc5)c5ccncc5)C=CC43)n2)I=C1. The third-order valence-corrected chi connectivity index (χ3v) is 15.1. The Bertz CT molecular complexity index is 3120. The van der Waals surface area contributed by atoms with Gasteiger partial charge in [0, 0.05) is 27.6 Å². The van der Waals surface area contributed by atoms with E-state index in [-0.39, 0.29) is 32.7 Å². The van der Waals surface area contributed by atoms with Gasteiger partial charge in [0.2, 0.25) is 0 Å². The smallest absolute Gasteiger partial charge is 0.134 e. The van der Waals surface area contributed by atoms with Crippen LogP contribution in [0.1, 0.15) is 45.0 Å². The molecular formula is C56H38IN3. The maximum absolute atomic E-state index is 5.51. The Morgan fingerprint density at radius 2 is 1.37 bits per heavy atom. The van der Waals surface area contributed by atoms with Crippen LogP contribution < -0.4 is 4.90 Å². The van der Waals surface area contributed by atoms with E-state index >= 15 is 0 Å². The van der Waals surface area contributed by atoms with E-state index in [1.165, 1.54) is 81.2 Å². The number of fused-ring (bicyclic) bond motifs is 8. The van der Waals surface area contributed by atoms with Gasteiger partial charge in [-0.25, -0.2) is 4.98 Å². The zero-order valence-electron chi connectivity index (χ0n) is 32.7. The maximum atomic E-state index is 5.51. The molecule has 2 aromatic heterocycles. The fourth-order valence-electron chi connectivity index (χ4n) is 10.2. The van der Waals surface area contributed by atoms with Crippen LogP contribution in [0.4, 0.5) is 11.5 Å². The lowest BCUT2D eigenvalue weighted by Gasteiger charge is -2.33. The molecule has 0 spiro atoms. The van der Waals surface area contributed by atoms with Crippen LogP contribution in [0.25, 0.3) is 42.2 Å². The Balaban J connectivity index is 1.02. The number of anilines is 2. The van der Waals surface area contributed by atoms with Crippen LogP contribution in [0.3, 0.4) is 0 Å². The molecule has 0 fully saturated rings. The monoisotopic (exact) mass is 879 g/mol. The molecule has 60 heavy (non-hydrogen) atoms. The topological polar surface area (TPSA) is 29.0 Å². The number of allylic oxidation sites excluding steroid dienone is 5. The second-order valence-corrected chi connectivity index (χ2v) is 18.3. The van der Waals surface area contributed by atoms with E-state index in [2.05, 4.69) is 214 Å².